The third kappa shape index (κ3) is 2.27. The molecule has 14 heavy (non-hydrogen) atoms. The lowest BCUT2D eigenvalue weighted by Gasteiger charge is -2.07. The van der Waals surface area contributed by atoms with Crippen molar-refractivity contribution in [2.45, 2.75) is 0 Å². The SMILES string of the molecule is COc1ccc(Br)c(C=CCO)c1O. The van der Waals surface area contributed by atoms with Crippen molar-refractivity contribution in [2.75, 3.05) is 13.7 Å². The summed E-state index contributed by atoms with van der Waals surface area (Å²) in [7, 11) is 1.49. The Hall–Kier alpha value is -1.00. The maximum Gasteiger partial charge on any atom is 0.166 e. The lowest BCUT2D eigenvalue weighted by Crippen LogP contribution is -1.87. The van der Waals surface area contributed by atoms with Crippen LogP contribution < -0.4 is 4.74 Å². The predicted octanol–water partition coefficient (Wildman–Crippen LogP) is 2.17. The fraction of sp³-hybridized carbons (Fsp3) is 0.200. The molecule has 2 N–H and O–H groups in total. The first-order valence-electron chi connectivity index (χ1n) is 4.03. The number of methoxy groups -OCH3 is 1. The fourth-order valence-corrected chi connectivity index (χ4v) is 1.51. The minimum absolute atomic E-state index is 0.0616. The molecule has 0 saturated carbocycles. The molecular weight excluding hydrogens is 248 g/mol. The minimum atomic E-state index is -0.0664. The van der Waals surface area contributed by atoms with Crippen molar-refractivity contribution in [3.8, 4) is 11.5 Å². The van der Waals surface area contributed by atoms with E-state index in [1.54, 1.807) is 24.3 Å². The molecule has 0 aliphatic heterocycles. The second-order valence-electron chi connectivity index (χ2n) is 2.60. The summed E-state index contributed by atoms with van der Waals surface area (Å²) in [6, 6.07) is 3.44. The number of aromatic hydroxyl groups is 1. The zero-order chi connectivity index (χ0) is 10.6. The zero-order valence-corrected chi connectivity index (χ0v) is 9.28. The van der Waals surface area contributed by atoms with Gasteiger partial charge in [-0.15, -0.1) is 0 Å². The Balaban J connectivity index is 3.18. The topological polar surface area (TPSA) is 49.7 Å². The Kier molecular flexibility index (Phi) is 3.98. The van der Waals surface area contributed by atoms with Gasteiger partial charge in [-0.05, 0) is 12.1 Å². The number of aliphatic hydroxyl groups excluding tert-OH is 1. The number of hydrogen-bond donors (Lipinski definition) is 2. The number of phenols is 1. The fourth-order valence-electron chi connectivity index (χ4n) is 1.06. The molecule has 0 fully saturated rings. The van der Waals surface area contributed by atoms with E-state index >= 15 is 0 Å². The molecule has 4 heteroatoms. The van der Waals surface area contributed by atoms with Gasteiger partial charge in [-0.3, -0.25) is 0 Å². The third-order valence-electron chi connectivity index (χ3n) is 1.74. The van der Waals surface area contributed by atoms with Gasteiger partial charge >= 0.3 is 0 Å². The highest BCUT2D eigenvalue weighted by molar-refractivity contribution is 9.10. The maximum atomic E-state index is 9.71. The first-order chi connectivity index (χ1) is 6.70. The molecule has 0 saturated heterocycles. The monoisotopic (exact) mass is 258 g/mol. The van der Waals surface area contributed by atoms with Crippen LogP contribution in [0.1, 0.15) is 5.56 Å². The molecule has 0 aliphatic carbocycles. The molecule has 1 aromatic carbocycles. The van der Waals surface area contributed by atoms with Crippen LogP contribution in [0.4, 0.5) is 0 Å². The van der Waals surface area contributed by atoms with E-state index in [4.69, 9.17) is 9.84 Å². The summed E-state index contributed by atoms with van der Waals surface area (Å²) < 4.78 is 5.70. The highest BCUT2D eigenvalue weighted by Crippen LogP contribution is 2.35. The average molecular weight is 259 g/mol. The van der Waals surface area contributed by atoms with E-state index in [9.17, 15) is 5.11 Å². The molecule has 0 atom stereocenters. The van der Waals surface area contributed by atoms with Gasteiger partial charge in [0.15, 0.2) is 11.5 Å². The molecule has 76 valence electrons. The van der Waals surface area contributed by atoms with Crippen molar-refractivity contribution < 1.29 is 14.9 Å². The van der Waals surface area contributed by atoms with Crippen LogP contribution in [0, 0.1) is 0 Å². The molecule has 1 rings (SSSR count). The van der Waals surface area contributed by atoms with Crippen LogP contribution in [0.2, 0.25) is 0 Å². The number of halogens is 1. The van der Waals surface area contributed by atoms with E-state index in [0.29, 0.717) is 11.3 Å². The molecule has 3 nitrogen and oxygen atoms in total. The Morgan fingerprint density at radius 1 is 1.50 bits per heavy atom. The van der Waals surface area contributed by atoms with Gasteiger partial charge in [0.25, 0.3) is 0 Å². The van der Waals surface area contributed by atoms with Crippen molar-refractivity contribution >= 4 is 22.0 Å². The Morgan fingerprint density at radius 2 is 2.21 bits per heavy atom. The Bertz CT molecular complexity index is 347. The largest absolute Gasteiger partial charge is 0.504 e. The van der Waals surface area contributed by atoms with Gasteiger partial charge in [-0.25, -0.2) is 0 Å². The van der Waals surface area contributed by atoms with Crippen molar-refractivity contribution in [2.24, 2.45) is 0 Å². The van der Waals surface area contributed by atoms with E-state index in [-0.39, 0.29) is 12.4 Å². The van der Waals surface area contributed by atoms with Crippen LogP contribution in [0.5, 0.6) is 11.5 Å². The van der Waals surface area contributed by atoms with Gasteiger partial charge in [0, 0.05) is 10.0 Å². The number of benzene rings is 1. The summed E-state index contributed by atoms with van der Waals surface area (Å²) in [6.45, 7) is -0.0664. The van der Waals surface area contributed by atoms with E-state index in [2.05, 4.69) is 15.9 Å². The lowest BCUT2D eigenvalue weighted by atomic mass is 10.1. The molecule has 0 aliphatic rings. The second kappa shape index (κ2) is 5.02. The zero-order valence-electron chi connectivity index (χ0n) is 7.70. The van der Waals surface area contributed by atoms with Crippen LogP contribution in [0.25, 0.3) is 6.08 Å². The number of ether oxygens (including phenoxy) is 1. The van der Waals surface area contributed by atoms with Crippen LogP contribution in [-0.2, 0) is 0 Å². The minimum Gasteiger partial charge on any atom is -0.504 e. The Morgan fingerprint density at radius 3 is 2.79 bits per heavy atom. The van der Waals surface area contributed by atoms with E-state index in [0.717, 1.165) is 4.47 Å². The van der Waals surface area contributed by atoms with Crippen LogP contribution in [0.15, 0.2) is 22.7 Å². The van der Waals surface area contributed by atoms with Gasteiger partial charge < -0.3 is 14.9 Å². The van der Waals surface area contributed by atoms with Gasteiger partial charge in [0.05, 0.1) is 13.7 Å². The van der Waals surface area contributed by atoms with Crippen molar-refractivity contribution in [3.63, 3.8) is 0 Å². The normalized spacial score (nSPS) is 10.8. The first-order valence-corrected chi connectivity index (χ1v) is 4.83. The predicted molar refractivity (Wildman–Crippen MR) is 58.5 cm³/mol. The lowest BCUT2D eigenvalue weighted by molar-refractivity contribution is 0.343. The van der Waals surface area contributed by atoms with Gasteiger partial charge in [0.2, 0.25) is 0 Å². The average Bonchev–Trinajstić information content (AvgIpc) is 2.18. The van der Waals surface area contributed by atoms with Crippen LogP contribution in [-0.4, -0.2) is 23.9 Å². The highest BCUT2D eigenvalue weighted by Gasteiger charge is 2.08. The smallest absolute Gasteiger partial charge is 0.166 e. The molecule has 0 amide bonds. The van der Waals surface area contributed by atoms with Crippen LogP contribution >= 0.6 is 15.9 Å². The number of hydrogen-bond acceptors (Lipinski definition) is 3. The summed E-state index contributed by atoms with van der Waals surface area (Å²) in [6.07, 6.45) is 3.17. The molecule has 0 spiro atoms. The summed E-state index contributed by atoms with van der Waals surface area (Å²) >= 11 is 3.29. The summed E-state index contributed by atoms with van der Waals surface area (Å²) in [5.41, 5.74) is 0.596. The van der Waals surface area contributed by atoms with Crippen LogP contribution in [0.3, 0.4) is 0 Å². The van der Waals surface area contributed by atoms with E-state index in [1.165, 1.54) is 7.11 Å². The molecular formula is C10H11BrO3. The molecule has 0 unspecified atom stereocenters. The van der Waals surface area contributed by atoms with Gasteiger partial charge in [-0.2, -0.15) is 0 Å². The number of phenolic OH excluding ortho intramolecular Hbond substituents is 1. The molecule has 0 radical (unpaired) electrons. The van der Waals surface area contributed by atoms with E-state index in [1.807, 2.05) is 0 Å². The molecule has 1 aromatic rings. The summed E-state index contributed by atoms with van der Waals surface area (Å²) in [5, 5.41) is 18.3. The maximum absolute atomic E-state index is 9.71. The quantitative estimate of drug-likeness (QED) is 0.874. The third-order valence-corrected chi connectivity index (χ3v) is 2.43. The highest BCUT2D eigenvalue weighted by atomic mass is 79.9. The molecule has 0 heterocycles. The van der Waals surface area contributed by atoms with Crippen molar-refractivity contribution in [1.82, 2.24) is 0 Å². The second-order valence-corrected chi connectivity index (χ2v) is 3.45. The van der Waals surface area contributed by atoms with Gasteiger partial charge in [-0.1, -0.05) is 28.1 Å². The van der Waals surface area contributed by atoms with Crippen molar-refractivity contribution in [1.29, 1.82) is 0 Å². The summed E-state index contributed by atoms with van der Waals surface area (Å²) in [4.78, 5) is 0. The number of rotatable bonds is 3. The molecule has 0 bridgehead atoms. The number of aliphatic hydroxyl groups is 1. The Labute approximate surface area is 90.8 Å². The van der Waals surface area contributed by atoms with Gasteiger partial charge in [0.1, 0.15) is 0 Å². The molecule has 0 aromatic heterocycles. The standard InChI is InChI=1S/C10H11BrO3/c1-14-9-5-4-8(11)7(10(9)13)3-2-6-12/h2-5,12-13H,6H2,1H3. The first kappa shape index (κ1) is 11.1. The summed E-state index contributed by atoms with van der Waals surface area (Å²) in [5.74, 6) is 0.470. The van der Waals surface area contributed by atoms with Crippen molar-refractivity contribution in [3.05, 3.63) is 28.2 Å². The van der Waals surface area contributed by atoms with E-state index < -0.39 is 0 Å².